The van der Waals surface area contributed by atoms with Crippen LogP contribution in [0.5, 0.6) is 0 Å². The van der Waals surface area contributed by atoms with E-state index in [0.29, 0.717) is 5.95 Å². The summed E-state index contributed by atoms with van der Waals surface area (Å²) in [5, 5.41) is 17.2. The molecule has 1 aliphatic rings. The minimum Gasteiger partial charge on any atom is -0.478 e. The van der Waals surface area contributed by atoms with E-state index in [-0.39, 0.29) is 11.6 Å². The third-order valence-corrected chi connectivity index (χ3v) is 3.33. The molecule has 0 amide bonds. The van der Waals surface area contributed by atoms with Crippen LogP contribution < -0.4 is 4.90 Å². The van der Waals surface area contributed by atoms with Crippen molar-refractivity contribution >= 4 is 11.9 Å². The van der Waals surface area contributed by atoms with Crippen LogP contribution in [-0.2, 0) is 0 Å². The Labute approximate surface area is 115 Å². The number of carboxylic acids is 1. The number of carboxylic acid groups (broad SMARTS) is 1. The van der Waals surface area contributed by atoms with E-state index in [9.17, 15) is 4.79 Å². The smallest absolute Gasteiger partial charge is 0.338 e. The average Bonchev–Trinajstić information content (AvgIpc) is 3.02. The Morgan fingerprint density at radius 1 is 1.25 bits per heavy atom. The second-order valence-electron chi connectivity index (χ2n) is 4.67. The third-order valence-electron chi connectivity index (χ3n) is 3.33. The van der Waals surface area contributed by atoms with Crippen LogP contribution in [0.1, 0.15) is 29.2 Å². The van der Waals surface area contributed by atoms with E-state index in [2.05, 4.69) is 20.2 Å². The van der Waals surface area contributed by atoms with E-state index in [4.69, 9.17) is 5.11 Å². The summed E-state index contributed by atoms with van der Waals surface area (Å²) in [5.74, 6) is -0.472. The highest BCUT2D eigenvalue weighted by atomic mass is 16.4. The summed E-state index contributed by atoms with van der Waals surface area (Å²) in [5.41, 5.74) is 0.0936. The standard InChI is InChI=1S/C12H14N6O2/c19-11(20)9-6-13-12(14-7-9)17-5-1-2-10(8-17)18-15-3-4-16-18/h3-4,6-7,10H,1-2,5,8H2,(H,19,20). The maximum absolute atomic E-state index is 10.8. The van der Waals surface area contributed by atoms with Gasteiger partial charge in [-0.1, -0.05) is 0 Å². The Hall–Kier alpha value is -2.51. The summed E-state index contributed by atoms with van der Waals surface area (Å²) in [4.78, 5) is 22.8. The van der Waals surface area contributed by atoms with Gasteiger partial charge >= 0.3 is 5.97 Å². The normalized spacial score (nSPS) is 19.0. The lowest BCUT2D eigenvalue weighted by molar-refractivity contribution is 0.0696. The van der Waals surface area contributed by atoms with Crippen molar-refractivity contribution in [1.29, 1.82) is 0 Å². The quantitative estimate of drug-likeness (QED) is 0.875. The summed E-state index contributed by atoms with van der Waals surface area (Å²) < 4.78 is 0. The molecule has 1 aliphatic heterocycles. The fourth-order valence-electron chi connectivity index (χ4n) is 2.33. The van der Waals surface area contributed by atoms with Crippen molar-refractivity contribution in [1.82, 2.24) is 25.0 Å². The molecule has 1 fully saturated rings. The molecule has 1 atom stereocenters. The lowest BCUT2D eigenvalue weighted by Crippen LogP contribution is -2.38. The molecule has 20 heavy (non-hydrogen) atoms. The van der Waals surface area contributed by atoms with Crippen LogP contribution in [-0.4, -0.2) is 49.1 Å². The molecule has 0 saturated carbocycles. The van der Waals surface area contributed by atoms with E-state index in [1.165, 1.54) is 12.4 Å². The van der Waals surface area contributed by atoms with Crippen molar-refractivity contribution in [2.24, 2.45) is 0 Å². The first-order valence-electron chi connectivity index (χ1n) is 6.40. The predicted octanol–water partition coefficient (Wildman–Crippen LogP) is 0.608. The molecule has 1 N–H and O–H groups in total. The zero-order valence-electron chi connectivity index (χ0n) is 10.8. The molecule has 8 heteroatoms. The number of rotatable bonds is 3. The number of piperidine rings is 1. The molecule has 0 bridgehead atoms. The Morgan fingerprint density at radius 2 is 1.95 bits per heavy atom. The van der Waals surface area contributed by atoms with E-state index in [0.717, 1.165) is 25.9 Å². The Balaban J connectivity index is 1.75. The van der Waals surface area contributed by atoms with Crippen LogP contribution in [0.15, 0.2) is 24.8 Å². The number of nitrogens with zero attached hydrogens (tertiary/aromatic N) is 6. The first-order chi connectivity index (χ1) is 9.74. The van der Waals surface area contributed by atoms with Gasteiger partial charge in [0.2, 0.25) is 5.95 Å². The fourth-order valence-corrected chi connectivity index (χ4v) is 2.33. The second-order valence-corrected chi connectivity index (χ2v) is 4.67. The van der Waals surface area contributed by atoms with Crippen LogP contribution in [0, 0.1) is 0 Å². The van der Waals surface area contributed by atoms with Gasteiger partial charge in [-0.05, 0) is 12.8 Å². The van der Waals surface area contributed by atoms with Crippen LogP contribution in [0.3, 0.4) is 0 Å². The zero-order chi connectivity index (χ0) is 13.9. The minimum absolute atomic E-state index is 0.0936. The zero-order valence-corrected chi connectivity index (χ0v) is 10.8. The van der Waals surface area contributed by atoms with Gasteiger partial charge in [-0.2, -0.15) is 15.0 Å². The third kappa shape index (κ3) is 2.44. The van der Waals surface area contributed by atoms with Crippen LogP contribution in [0.25, 0.3) is 0 Å². The summed E-state index contributed by atoms with van der Waals surface area (Å²) >= 11 is 0. The van der Waals surface area contributed by atoms with Gasteiger partial charge in [-0.3, -0.25) is 0 Å². The van der Waals surface area contributed by atoms with E-state index in [1.807, 2.05) is 4.90 Å². The van der Waals surface area contributed by atoms with E-state index < -0.39 is 5.97 Å². The van der Waals surface area contributed by atoms with Crippen LogP contribution in [0.2, 0.25) is 0 Å². The van der Waals surface area contributed by atoms with Gasteiger partial charge in [0.1, 0.15) is 0 Å². The molecule has 2 aromatic heterocycles. The SMILES string of the molecule is O=C(O)c1cnc(N2CCCC(n3nccn3)C2)nc1. The van der Waals surface area contributed by atoms with Crippen molar-refractivity contribution in [3.63, 3.8) is 0 Å². The number of hydrogen-bond acceptors (Lipinski definition) is 6. The number of aromatic nitrogens is 5. The van der Waals surface area contributed by atoms with Crippen molar-refractivity contribution in [2.75, 3.05) is 18.0 Å². The van der Waals surface area contributed by atoms with Crippen LogP contribution >= 0.6 is 0 Å². The molecule has 3 heterocycles. The van der Waals surface area contributed by atoms with Gasteiger partial charge in [0.15, 0.2) is 0 Å². The van der Waals surface area contributed by atoms with E-state index >= 15 is 0 Å². The van der Waals surface area contributed by atoms with Gasteiger partial charge in [0.05, 0.1) is 24.0 Å². The molecule has 104 valence electrons. The molecule has 1 unspecified atom stereocenters. The number of hydrogen-bond donors (Lipinski definition) is 1. The maximum atomic E-state index is 10.8. The molecular weight excluding hydrogens is 260 g/mol. The molecule has 8 nitrogen and oxygen atoms in total. The molecule has 0 aliphatic carbocycles. The van der Waals surface area contributed by atoms with Gasteiger partial charge in [-0.15, -0.1) is 0 Å². The molecule has 1 saturated heterocycles. The van der Waals surface area contributed by atoms with Crippen molar-refractivity contribution < 1.29 is 9.90 Å². The topological polar surface area (TPSA) is 97.0 Å². The van der Waals surface area contributed by atoms with Gasteiger partial charge in [-0.25, -0.2) is 14.8 Å². The first-order valence-corrected chi connectivity index (χ1v) is 6.40. The van der Waals surface area contributed by atoms with Gasteiger partial charge in [0, 0.05) is 25.5 Å². The van der Waals surface area contributed by atoms with Crippen molar-refractivity contribution in [3.8, 4) is 0 Å². The van der Waals surface area contributed by atoms with Crippen LogP contribution in [0.4, 0.5) is 5.95 Å². The first kappa shape index (κ1) is 12.5. The Morgan fingerprint density at radius 3 is 2.60 bits per heavy atom. The molecule has 2 aromatic rings. The van der Waals surface area contributed by atoms with E-state index in [1.54, 1.807) is 17.2 Å². The molecule has 3 rings (SSSR count). The highest BCUT2D eigenvalue weighted by molar-refractivity contribution is 5.86. The lowest BCUT2D eigenvalue weighted by Gasteiger charge is -2.31. The highest BCUT2D eigenvalue weighted by Crippen LogP contribution is 2.22. The largest absolute Gasteiger partial charge is 0.478 e. The minimum atomic E-state index is -1.02. The van der Waals surface area contributed by atoms with Gasteiger partial charge in [0.25, 0.3) is 0 Å². The lowest BCUT2D eigenvalue weighted by atomic mass is 10.1. The highest BCUT2D eigenvalue weighted by Gasteiger charge is 2.24. The van der Waals surface area contributed by atoms with Crippen molar-refractivity contribution in [3.05, 3.63) is 30.4 Å². The molecular formula is C12H14N6O2. The number of carbonyl (C=O) groups is 1. The average molecular weight is 274 g/mol. The molecule has 0 radical (unpaired) electrons. The Kier molecular flexibility index (Phi) is 3.28. The monoisotopic (exact) mass is 274 g/mol. The molecule has 0 aromatic carbocycles. The number of aromatic carboxylic acids is 1. The van der Waals surface area contributed by atoms with Crippen molar-refractivity contribution in [2.45, 2.75) is 18.9 Å². The number of anilines is 1. The van der Waals surface area contributed by atoms with Gasteiger partial charge < -0.3 is 10.0 Å². The second kappa shape index (κ2) is 5.24. The molecule has 0 spiro atoms. The summed E-state index contributed by atoms with van der Waals surface area (Å²) in [6, 6.07) is 0.196. The predicted molar refractivity (Wildman–Crippen MR) is 69.5 cm³/mol. The summed E-state index contributed by atoms with van der Waals surface area (Å²) in [7, 11) is 0. The summed E-state index contributed by atoms with van der Waals surface area (Å²) in [6.45, 7) is 1.57. The summed E-state index contributed by atoms with van der Waals surface area (Å²) in [6.07, 6.45) is 8.00. The maximum Gasteiger partial charge on any atom is 0.338 e. The Bertz CT molecular complexity index is 583. The fraction of sp³-hybridized carbons (Fsp3) is 0.417.